The third kappa shape index (κ3) is 3.34. The molecule has 2 N–H and O–H groups in total. The number of ether oxygens (including phenoxy) is 2. The van der Waals surface area contributed by atoms with E-state index in [9.17, 15) is 0 Å². The average molecular weight is 264 g/mol. The molecule has 0 bridgehead atoms. The van der Waals surface area contributed by atoms with E-state index in [0.717, 1.165) is 19.7 Å². The van der Waals surface area contributed by atoms with Crippen molar-refractivity contribution in [1.82, 2.24) is 4.90 Å². The van der Waals surface area contributed by atoms with Gasteiger partial charge >= 0.3 is 0 Å². The molecule has 0 amide bonds. The summed E-state index contributed by atoms with van der Waals surface area (Å²) in [6, 6.07) is 8.78. The Morgan fingerprint density at radius 1 is 1.47 bits per heavy atom. The summed E-state index contributed by atoms with van der Waals surface area (Å²) < 4.78 is 11.0. The molecule has 0 aliphatic carbocycles. The molecule has 1 heterocycles. The van der Waals surface area contributed by atoms with Crippen molar-refractivity contribution in [1.29, 1.82) is 0 Å². The Hall–Kier alpha value is -0.940. The van der Waals surface area contributed by atoms with Crippen LogP contribution in [-0.4, -0.2) is 44.4 Å². The fourth-order valence-electron chi connectivity index (χ4n) is 2.80. The summed E-state index contributed by atoms with van der Waals surface area (Å²) in [4.78, 5) is 2.44. The predicted octanol–water partition coefficient (Wildman–Crippen LogP) is 1.55. The highest BCUT2D eigenvalue weighted by Crippen LogP contribution is 2.29. The molecule has 1 aromatic carbocycles. The molecule has 106 valence electrons. The lowest BCUT2D eigenvalue weighted by molar-refractivity contribution is -0.0658. The lowest BCUT2D eigenvalue weighted by Crippen LogP contribution is -2.48. The SMILES string of the molecule is CCN1CCOC(CN)C1c1cccc(COC)c1. The van der Waals surface area contributed by atoms with Crippen molar-refractivity contribution in [3.05, 3.63) is 35.4 Å². The first-order chi connectivity index (χ1) is 9.30. The number of likely N-dealkylation sites (N-methyl/N-ethyl adjacent to an activating group) is 1. The van der Waals surface area contributed by atoms with Crippen LogP contribution in [0.5, 0.6) is 0 Å². The van der Waals surface area contributed by atoms with Crippen molar-refractivity contribution in [2.24, 2.45) is 5.73 Å². The zero-order chi connectivity index (χ0) is 13.7. The van der Waals surface area contributed by atoms with Gasteiger partial charge in [0.2, 0.25) is 0 Å². The van der Waals surface area contributed by atoms with Gasteiger partial charge in [-0.3, -0.25) is 4.90 Å². The number of morpholine rings is 1. The maximum Gasteiger partial charge on any atom is 0.0894 e. The molecule has 0 aromatic heterocycles. The molecule has 1 aromatic rings. The summed E-state index contributed by atoms with van der Waals surface area (Å²) in [5.74, 6) is 0. The molecule has 0 radical (unpaired) electrons. The number of nitrogens with zero attached hydrogens (tertiary/aromatic N) is 1. The fraction of sp³-hybridized carbons (Fsp3) is 0.600. The number of methoxy groups -OCH3 is 1. The molecule has 19 heavy (non-hydrogen) atoms. The maximum absolute atomic E-state index is 5.87. The van der Waals surface area contributed by atoms with Crippen LogP contribution in [0.2, 0.25) is 0 Å². The molecule has 2 rings (SSSR count). The number of benzene rings is 1. The number of hydrogen-bond donors (Lipinski definition) is 1. The second-order valence-electron chi connectivity index (χ2n) is 4.90. The number of rotatable bonds is 5. The highest BCUT2D eigenvalue weighted by molar-refractivity contribution is 5.27. The molecule has 4 heteroatoms. The zero-order valence-corrected chi connectivity index (χ0v) is 11.8. The van der Waals surface area contributed by atoms with E-state index < -0.39 is 0 Å². The smallest absolute Gasteiger partial charge is 0.0894 e. The van der Waals surface area contributed by atoms with Crippen molar-refractivity contribution in [2.45, 2.75) is 25.7 Å². The third-order valence-corrected chi connectivity index (χ3v) is 3.70. The van der Waals surface area contributed by atoms with Crippen LogP contribution in [0.15, 0.2) is 24.3 Å². The molecule has 0 spiro atoms. The van der Waals surface area contributed by atoms with E-state index in [1.807, 2.05) is 0 Å². The second-order valence-corrected chi connectivity index (χ2v) is 4.90. The van der Waals surface area contributed by atoms with E-state index >= 15 is 0 Å². The topological polar surface area (TPSA) is 47.7 Å². The molecule has 1 aliphatic heterocycles. The molecular weight excluding hydrogens is 240 g/mol. The van der Waals surface area contributed by atoms with E-state index in [4.69, 9.17) is 15.2 Å². The number of nitrogens with two attached hydrogens (primary N) is 1. The van der Waals surface area contributed by atoms with Crippen molar-refractivity contribution >= 4 is 0 Å². The van der Waals surface area contributed by atoms with Crippen LogP contribution in [0.25, 0.3) is 0 Å². The summed E-state index contributed by atoms with van der Waals surface area (Å²) in [5, 5.41) is 0. The van der Waals surface area contributed by atoms with Gasteiger partial charge in [-0.15, -0.1) is 0 Å². The quantitative estimate of drug-likeness (QED) is 0.876. The monoisotopic (exact) mass is 264 g/mol. The standard InChI is InChI=1S/C15H24N2O2/c1-3-17-7-8-19-14(10-16)15(17)13-6-4-5-12(9-13)11-18-2/h4-6,9,14-15H,3,7-8,10-11,16H2,1-2H3. The lowest BCUT2D eigenvalue weighted by atomic mass is 9.96. The molecule has 2 unspecified atom stereocenters. The van der Waals surface area contributed by atoms with Crippen LogP contribution in [0, 0.1) is 0 Å². The zero-order valence-electron chi connectivity index (χ0n) is 11.8. The molecule has 0 saturated carbocycles. The van der Waals surface area contributed by atoms with E-state index in [1.54, 1.807) is 7.11 Å². The van der Waals surface area contributed by atoms with Crippen LogP contribution in [0.3, 0.4) is 0 Å². The molecule has 1 fully saturated rings. The minimum Gasteiger partial charge on any atom is -0.380 e. The largest absolute Gasteiger partial charge is 0.380 e. The molecule has 2 atom stereocenters. The normalized spacial score (nSPS) is 24.6. The highest BCUT2D eigenvalue weighted by Gasteiger charge is 2.31. The Labute approximate surface area is 115 Å². The van der Waals surface area contributed by atoms with Crippen LogP contribution >= 0.6 is 0 Å². The molecule has 4 nitrogen and oxygen atoms in total. The fourth-order valence-corrected chi connectivity index (χ4v) is 2.80. The Balaban J connectivity index is 2.26. The van der Waals surface area contributed by atoms with Crippen molar-refractivity contribution in [3.8, 4) is 0 Å². The van der Waals surface area contributed by atoms with Gasteiger partial charge in [0.25, 0.3) is 0 Å². The van der Waals surface area contributed by atoms with Crippen molar-refractivity contribution in [3.63, 3.8) is 0 Å². The number of hydrogen-bond acceptors (Lipinski definition) is 4. The second kappa shape index (κ2) is 7.01. The van der Waals surface area contributed by atoms with Crippen LogP contribution in [-0.2, 0) is 16.1 Å². The third-order valence-electron chi connectivity index (χ3n) is 3.70. The van der Waals surface area contributed by atoms with Gasteiger partial charge in [-0.2, -0.15) is 0 Å². The van der Waals surface area contributed by atoms with Crippen LogP contribution in [0.4, 0.5) is 0 Å². The minimum atomic E-state index is 0.0755. The average Bonchev–Trinajstić information content (AvgIpc) is 2.47. The van der Waals surface area contributed by atoms with Crippen molar-refractivity contribution in [2.75, 3.05) is 33.4 Å². The van der Waals surface area contributed by atoms with Gasteiger partial charge in [0.15, 0.2) is 0 Å². The summed E-state index contributed by atoms with van der Waals surface area (Å²) >= 11 is 0. The Morgan fingerprint density at radius 3 is 3.00 bits per heavy atom. The summed E-state index contributed by atoms with van der Waals surface area (Å²) in [7, 11) is 1.72. The highest BCUT2D eigenvalue weighted by atomic mass is 16.5. The van der Waals surface area contributed by atoms with E-state index in [-0.39, 0.29) is 12.1 Å². The molecular formula is C15H24N2O2. The van der Waals surface area contributed by atoms with Gasteiger partial charge in [0.1, 0.15) is 0 Å². The van der Waals surface area contributed by atoms with E-state index in [0.29, 0.717) is 13.2 Å². The van der Waals surface area contributed by atoms with E-state index in [2.05, 4.69) is 36.1 Å². The van der Waals surface area contributed by atoms with E-state index in [1.165, 1.54) is 11.1 Å². The lowest BCUT2D eigenvalue weighted by Gasteiger charge is -2.40. The maximum atomic E-state index is 5.87. The van der Waals surface area contributed by atoms with Gasteiger partial charge in [-0.25, -0.2) is 0 Å². The van der Waals surface area contributed by atoms with Gasteiger partial charge in [-0.05, 0) is 17.7 Å². The Bertz CT molecular complexity index is 385. The van der Waals surface area contributed by atoms with Gasteiger partial charge in [-0.1, -0.05) is 31.2 Å². The summed E-state index contributed by atoms with van der Waals surface area (Å²) in [5.41, 5.74) is 8.33. The van der Waals surface area contributed by atoms with Gasteiger partial charge < -0.3 is 15.2 Å². The first kappa shape index (κ1) is 14.5. The van der Waals surface area contributed by atoms with Gasteiger partial charge in [0, 0.05) is 20.2 Å². The minimum absolute atomic E-state index is 0.0755. The Kier molecular flexibility index (Phi) is 5.34. The molecule has 1 aliphatic rings. The first-order valence-corrected chi connectivity index (χ1v) is 6.93. The van der Waals surface area contributed by atoms with Crippen LogP contribution in [0.1, 0.15) is 24.1 Å². The Morgan fingerprint density at radius 2 is 2.32 bits per heavy atom. The summed E-state index contributed by atoms with van der Waals surface area (Å²) in [6.07, 6.45) is 0.0755. The summed E-state index contributed by atoms with van der Waals surface area (Å²) in [6.45, 7) is 6.12. The van der Waals surface area contributed by atoms with Gasteiger partial charge in [0.05, 0.1) is 25.4 Å². The predicted molar refractivity (Wildman–Crippen MR) is 75.9 cm³/mol. The molecule has 1 saturated heterocycles. The first-order valence-electron chi connectivity index (χ1n) is 6.93. The van der Waals surface area contributed by atoms with Crippen LogP contribution < -0.4 is 5.73 Å². The van der Waals surface area contributed by atoms with Crippen molar-refractivity contribution < 1.29 is 9.47 Å².